The van der Waals surface area contributed by atoms with E-state index in [1.807, 2.05) is 54.6 Å². The Bertz CT molecular complexity index is 992. The first-order chi connectivity index (χ1) is 13.2. The number of aromatic nitrogens is 1. The van der Waals surface area contributed by atoms with E-state index in [9.17, 15) is 9.59 Å². The van der Waals surface area contributed by atoms with Gasteiger partial charge in [0.15, 0.2) is 0 Å². The van der Waals surface area contributed by atoms with Crippen molar-refractivity contribution < 1.29 is 19.1 Å². The predicted octanol–water partition coefficient (Wildman–Crippen LogP) is 3.55. The standard InChI is InChI=1S/C22H21NO4/c1-26-21(24)19-15(13-8-4-3-5-9-13)12-17-18(20(19)22(25)27-2)14-10-6-7-11-16(14)23-17/h3-11,15,19-20,23H,12H2,1-2H3/t15-,19+,20-/m1/s1. The Kier molecular flexibility index (Phi) is 4.44. The highest BCUT2D eigenvalue weighted by Gasteiger charge is 2.48. The van der Waals surface area contributed by atoms with Crippen molar-refractivity contribution in [2.24, 2.45) is 5.92 Å². The fourth-order valence-corrected chi connectivity index (χ4v) is 4.35. The minimum atomic E-state index is -0.715. The van der Waals surface area contributed by atoms with Gasteiger partial charge < -0.3 is 14.5 Å². The van der Waals surface area contributed by atoms with E-state index in [0.29, 0.717) is 6.42 Å². The van der Waals surface area contributed by atoms with E-state index in [2.05, 4.69) is 4.98 Å². The second-order valence-electron chi connectivity index (χ2n) is 6.83. The van der Waals surface area contributed by atoms with Crippen LogP contribution in [0.15, 0.2) is 54.6 Å². The van der Waals surface area contributed by atoms with Crippen LogP contribution in [-0.2, 0) is 25.5 Å². The molecule has 0 bridgehead atoms. The molecule has 27 heavy (non-hydrogen) atoms. The summed E-state index contributed by atoms with van der Waals surface area (Å²) in [5.41, 5.74) is 3.78. The smallest absolute Gasteiger partial charge is 0.314 e. The van der Waals surface area contributed by atoms with Gasteiger partial charge in [-0.2, -0.15) is 0 Å². The summed E-state index contributed by atoms with van der Waals surface area (Å²) in [5, 5.41) is 0.948. The number of fused-ring (bicyclic) bond motifs is 3. The first kappa shape index (κ1) is 17.3. The zero-order chi connectivity index (χ0) is 19.0. The van der Waals surface area contributed by atoms with E-state index in [-0.39, 0.29) is 5.92 Å². The average molecular weight is 363 g/mol. The molecule has 1 N–H and O–H groups in total. The molecular formula is C22H21NO4. The number of hydrogen-bond acceptors (Lipinski definition) is 4. The molecule has 0 unspecified atom stereocenters. The van der Waals surface area contributed by atoms with Crippen LogP contribution in [-0.4, -0.2) is 31.1 Å². The highest BCUT2D eigenvalue weighted by atomic mass is 16.5. The van der Waals surface area contributed by atoms with E-state index in [4.69, 9.17) is 9.47 Å². The zero-order valence-corrected chi connectivity index (χ0v) is 15.3. The molecule has 3 aromatic rings. The van der Waals surface area contributed by atoms with Crippen LogP contribution < -0.4 is 0 Å². The summed E-state index contributed by atoms with van der Waals surface area (Å²) >= 11 is 0. The fourth-order valence-electron chi connectivity index (χ4n) is 4.35. The predicted molar refractivity (Wildman–Crippen MR) is 101 cm³/mol. The van der Waals surface area contributed by atoms with Crippen LogP contribution in [0, 0.1) is 5.92 Å². The molecule has 5 heteroatoms. The molecule has 5 nitrogen and oxygen atoms in total. The molecule has 1 heterocycles. The number of aromatic amines is 1. The van der Waals surface area contributed by atoms with Crippen LogP contribution in [0.1, 0.15) is 28.7 Å². The molecule has 1 aliphatic carbocycles. The molecule has 0 fully saturated rings. The van der Waals surface area contributed by atoms with Crippen molar-refractivity contribution >= 4 is 22.8 Å². The number of benzene rings is 2. The summed E-state index contributed by atoms with van der Waals surface area (Å²) in [5.74, 6) is -2.35. The highest BCUT2D eigenvalue weighted by molar-refractivity contribution is 5.95. The van der Waals surface area contributed by atoms with Crippen molar-refractivity contribution in [1.29, 1.82) is 0 Å². The van der Waals surface area contributed by atoms with Crippen LogP contribution in [0.4, 0.5) is 0 Å². The van der Waals surface area contributed by atoms with Gasteiger partial charge in [-0.05, 0) is 23.6 Å². The second kappa shape index (κ2) is 6.91. The maximum absolute atomic E-state index is 12.8. The van der Waals surface area contributed by atoms with Gasteiger partial charge in [0.25, 0.3) is 0 Å². The third-order valence-electron chi connectivity index (χ3n) is 5.51. The van der Waals surface area contributed by atoms with Gasteiger partial charge >= 0.3 is 11.9 Å². The average Bonchev–Trinajstić information content (AvgIpc) is 3.10. The van der Waals surface area contributed by atoms with Crippen LogP contribution >= 0.6 is 0 Å². The maximum atomic E-state index is 12.8. The number of esters is 2. The Morgan fingerprint density at radius 3 is 2.30 bits per heavy atom. The lowest BCUT2D eigenvalue weighted by molar-refractivity contribution is -0.155. The number of ether oxygens (including phenoxy) is 2. The normalized spacial score (nSPS) is 21.5. The van der Waals surface area contributed by atoms with Crippen molar-refractivity contribution in [3.8, 4) is 0 Å². The van der Waals surface area contributed by atoms with Crippen LogP contribution in [0.5, 0.6) is 0 Å². The first-order valence-electron chi connectivity index (χ1n) is 8.95. The van der Waals surface area contributed by atoms with Crippen LogP contribution in [0.2, 0.25) is 0 Å². The third-order valence-corrected chi connectivity index (χ3v) is 5.51. The van der Waals surface area contributed by atoms with Gasteiger partial charge in [-0.3, -0.25) is 9.59 Å². The number of H-pyrrole nitrogens is 1. The number of rotatable bonds is 3. The second-order valence-corrected chi connectivity index (χ2v) is 6.83. The van der Waals surface area contributed by atoms with E-state index in [1.165, 1.54) is 14.2 Å². The zero-order valence-electron chi connectivity index (χ0n) is 15.3. The van der Waals surface area contributed by atoms with Gasteiger partial charge in [-0.25, -0.2) is 0 Å². The molecule has 0 radical (unpaired) electrons. The Balaban J connectivity index is 1.96. The number of para-hydroxylation sites is 1. The van der Waals surface area contributed by atoms with Gasteiger partial charge in [0, 0.05) is 22.5 Å². The minimum Gasteiger partial charge on any atom is -0.469 e. The lowest BCUT2D eigenvalue weighted by Crippen LogP contribution is -2.38. The SMILES string of the molecule is COC(=O)[C@H]1[C@@H](c2ccccc2)Cc2[nH]c3ccccc3c2[C@H]1C(=O)OC. The summed E-state index contributed by atoms with van der Waals surface area (Å²) in [6.07, 6.45) is 0.626. The molecule has 1 aromatic heterocycles. The third kappa shape index (κ3) is 2.79. The summed E-state index contributed by atoms with van der Waals surface area (Å²) in [6.45, 7) is 0. The van der Waals surface area contributed by atoms with Crippen molar-refractivity contribution in [2.45, 2.75) is 18.3 Å². The largest absolute Gasteiger partial charge is 0.469 e. The number of carbonyl (C=O) groups excluding carboxylic acids is 2. The summed E-state index contributed by atoms with van der Waals surface area (Å²) in [7, 11) is 2.72. The van der Waals surface area contributed by atoms with Crippen molar-refractivity contribution in [3.05, 3.63) is 71.4 Å². The molecule has 138 valence electrons. The lowest BCUT2D eigenvalue weighted by Gasteiger charge is -2.35. The van der Waals surface area contributed by atoms with E-state index in [1.54, 1.807) is 0 Å². The van der Waals surface area contributed by atoms with Crippen LogP contribution in [0.3, 0.4) is 0 Å². The van der Waals surface area contributed by atoms with Gasteiger partial charge in [0.2, 0.25) is 0 Å². The number of methoxy groups -OCH3 is 2. The molecular weight excluding hydrogens is 342 g/mol. The van der Waals surface area contributed by atoms with Gasteiger partial charge in [0.05, 0.1) is 26.1 Å². The number of hydrogen-bond donors (Lipinski definition) is 1. The van der Waals surface area contributed by atoms with E-state index < -0.39 is 23.8 Å². The molecule has 4 rings (SSSR count). The summed E-state index contributed by atoms with van der Waals surface area (Å²) < 4.78 is 10.2. The molecule has 1 aliphatic rings. The highest BCUT2D eigenvalue weighted by Crippen LogP contribution is 2.48. The van der Waals surface area contributed by atoms with Crippen molar-refractivity contribution in [2.75, 3.05) is 14.2 Å². The minimum absolute atomic E-state index is 0.177. The van der Waals surface area contributed by atoms with Crippen molar-refractivity contribution in [1.82, 2.24) is 4.98 Å². The number of nitrogens with one attached hydrogen (secondary N) is 1. The first-order valence-corrected chi connectivity index (χ1v) is 8.95. The molecule has 0 spiro atoms. The fraction of sp³-hybridized carbons (Fsp3) is 0.273. The molecule has 0 saturated carbocycles. The molecule has 0 saturated heterocycles. The Hall–Kier alpha value is -3.08. The van der Waals surface area contributed by atoms with Crippen molar-refractivity contribution in [3.63, 3.8) is 0 Å². The van der Waals surface area contributed by atoms with Crippen LogP contribution in [0.25, 0.3) is 10.9 Å². The molecule has 3 atom stereocenters. The quantitative estimate of drug-likeness (QED) is 0.723. The molecule has 2 aromatic carbocycles. The van der Waals surface area contributed by atoms with E-state index >= 15 is 0 Å². The summed E-state index contributed by atoms with van der Waals surface area (Å²) in [6, 6.07) is 17.6. The van der Waals surface area contributed by atoms with Gasteiger partial charge in [0.1, 0.15) is 0 Å². The Labute approximate surface area is 157 Å². The maximum Gasteiger partial charge on any atom is 0.314 e. The van der Waals surface area contributed by atoms with E-state index in [0.717, 1.165) is 27.7 Å². The molecule has 0 aliphatic heterocycles. The topological polar surface area (TPSA) is 68.4 Å². The summed E-state index contributed by atoms with van der Waals surface area (Å²) in [4.78, 5) is 29.1. The number of carbonyl (C=O) groups is 2. The Morgan fingerprint density at radius 2 is 1.59 bits per heavy atom. The molecule has 0 amide bonds. The Morgan fingerprint density at radius 1 is 0.926 bits per heavy atom. The van der Waals surface area contributed by atoms with Gasteiger partial charge in [-0.1, -0.05) is 48.5 Å². The monoisotopic (exact) mass is 363 g/mol. The lowest BCUT2D eigenvalue weighted by atomic mass is 9.68. The van der Waals surface area contributed by atoms with Gasteiger partial charge in [-0.15, -0.1) is 0 Å².